The van der Waals surface area contributed by atoms with Gasteiger partial charge in [0.1, 0.15) is 28.7 Å². The average Bonchev–Trinajstić information content (AvgIpc) is 2.46. The largest absolute Gasteiger partial charge is 0.462 e. The molecule has 0 aromatic heterocycles. The number of ether oxygens (including phenoxy) is 2. The van der Waals surface area contributed by atoms with Gasteiger partial charge in [-0.1, -0.05) is 0 Å². The van der Waals surface area contributed by atoms with E-state index in [4.69, 9.17) is 9.47 Å². The molecule has 2 aromatic rings. The molecule has 0 heterocycles. The van der Waals surface area contributed by atoms with Crippen LogP contribution in [0.25, 0.3) is 0 Å². The lowest BCUT2D eigenvalue weighted by Gasteiger charge is -2.10. The maximum atomic E-state index is 13.2. The van der Waals surface area contributed by atoms with E-state index in [-0.39, 0.29) is 29.4 Å². The topological polar surface area (TPSA) is 78.7 Å². The van der Waals surface area contributed by atoms with Crippen molar-refractivity contribution < 1.29 is 28.0 Å². The van der Waals surface area contributed by atoms with Crippen LogP contribution in [0.2, 0.25) is 0 Å². The maximum Gasteiger partial charge on any atom is 0.342 e. The summed E-state index contributed by atoms with van der Waals surface area (Å²) in [5.41, 5.74) is -0.559. The normalized spacial score (nSPS) is 10.2. The van der Waals surface area contributed by atoms with Crippen LogP contribution in [0.3, 0.4) is 0 Å². The second-order valence-electron chi connectivity index (χ2n) is 4.37. The molecular weight excluding hydrogens is 312 g/mol. The molecule has 0 saturated carbocycles. The van der Waals surface area contributed by atoms with E-state index in [1.165, 1.54) is 0 Å². The molecule has 0 N–H and O–H groups in total. The van der Waals surface area contributed by atoms with Gasteiger partial charge in [-0.3, -0.25) is 10.1 Å². The summed E-state index contributed by atoms with van der Waals surface area (Å²) in [6.07, 6.45) is 0. The Morgan fingerprint density at radius 1 is 1.17 bits per heavy atom. The number of halogens is 2. The van der Waals surface area contributed by atoms with Gasteiger partial charge in [0.05, 0.1) is 11.5 Å². The van der Waals surface area contributed by atoms with Crippen LogP contribution in [0.4, 0.5) is 14.5 Å². The van der Waals surface area contributed by atoms with Crippen LogP contribution in [0.1, 0.15) is 17.3 Å². The lowest BCUT2D eigenvalue weighted by molar-refractivity contribution is -0.384. The average molecular weight is 323 g/mol. The highest BCUT2D eigenvalue weighted by atomic mass is 19.1. The number of hydrogen-bond acceptors (Lipinski definition) is 5. The summed E-state index contributed by atoms with van der Waals surface area (Å²) in [6.45, 7) is 1.62. The summed E-state index contributed by atoms with van der Waals surface area (Å²) in [5.74, 6) is -2.87. The van der Waals surface area contributed by atoms with Crippen LogP contribution in [0, 0.1) is 21.7 Å². The Morgan fingerprint density at radius 3 is 2.39 bits per heavy atom. The first kappa shape index (κ1) is 16.3. The number of esters is 1. The van der Waals surface area contributed by atoms with E-state index >= 15 is 0 Å². The fourth-order valence-electron chi connectivity index (χ4n) is 1.80. The van der Waals surface area contributed by atoms with Crippen molar-refractivity contribution in [1.29, 1.82) is 0 Å². The zero-order valence-corrected chi connectivity index (χ0v) is 11.9. The maximum absolute atomic E-state index is 13.2. The molecule has 0 unspecified atom stereocenters. The molecule has 6 nitrogen and oxygen atoms in total. The minimum Gasteiger partial charge on any atom is -0.462 e. The minimum atomic E-state index is -0.861. The van der Waals surface area contributed by atoms with Gasteiger partial charge in [0, 0.05) is 30.3 Å². The fourth-order valence-corrected chi connectivity index (χ4v) is 1.80. The van der Waals surface area contributed by atoms with Crippen molar-refractivity contribution in [2.75, 3.05) is 6.61 Å². The van der Waals surface area contributed by atoms with Gasteiger partial charge in [-0.15, -0.1) is 0 Å². The van der Waals surface area contributed by atoms with Gasteiger partial charge in [0.15, 0.2) is 0 Å². The number of benzene rings is 2. The molecule has 23 heavy (non-hydrogen) atoms. The number of carbonyl (C=O) groups is 1. The zero-order valence-electron chi connectivity index (χ0n) is 11.9. The number of nitro groups is 1. The summed E-state index contributed by atoms with van der Waals surface area (Å²) in [5, 5.41) is 10.8. The van der Waals surface area contributed by atoms with Crippen LogP contribution in [0.15, 0.2) is 36.4 Å². The summed E-state index contributed by atoms with van der Waals surface area (Å²) in [7, 11) is 0. The third kappa shape index (κ3) is 4.00. The second-order valence-corrected chi connectivity index (χ2v) is 4.37. The van der Waals surface area contributed by atoms with E-state index in [0.717, 1.165) is 30.3 Å². The lowest BCUT2D eigenvalue weighted by atomic mass is 10.1. The molecule has 0 radical (unpaired) electrons. The Hall–Kier alpha value is -3.03. The van der Waals surface area contributed by atoms with E-state index in [9.17, 15) is 23.7 Å². The lowest BCUT2D eigenvalue weighted by Crippen LogP contribution is -2.07. The first-order valence-corrected chi connectivity index (χ1v) is 6.50. The van der Waals surface area contributed by atoms with Crippen LogP contribution >= 0.6 is 0 Å². The van der Waals surface area contributed by atoms with Crippen molar-refractivity contribution in [1.82, 2.24) is 0 Å². The standard InChI is InChI=1S/C15H11F2NO5/c1-2-22-15(19)13-8-11(18(20)21)3-4-14(13)23-12-6-9(16)5-10(17)7-12/h3-8H,2H2,1H3. The van der Waals surface area contributed by atoms with Crippen molar-refractivity contribution >= 4 is 11.7 Å². The highest BCUT2D eigenvalue weighted by molar-refractivity contribution is 5.93. The van der Waals surface area contributed by atoms with Crippen LogP contribution in [-0.2, 0) is 4.74 Å². The van der Waals surface area contributed by atoms with Crippen molar-refractivity contribution in [2.45, 2.75) is 6.92 Å². The van der Waals surface area contributed by atoms with Gasteiger partial charge in [0.25, 0.3) is 5.69 Å². The fraction of sp³-hybridized carbons (Fsp3) is 0.133. The Labute approximate surface area is 129 Å². The van der Waals surface area contributed by atoms with E-state index in [1.54, 1.807) is 6.92 Å². The molecular formula is C15H11F2NO5. The molecule has 0 saturated heterocycles. The summed E-state index contributed by atoms with van der Waals surface area (Å²) in [6, 6.07) is 5.73. The highest BCUT2D eigenvalue weighted by Crippen LogP contribution is 2.30. The molecule has 0 aliphatic heterocycles. The highest BCUT2D eigenvalue weighted by Gasteiger charge is 2.19. The molecule has 8 heteroatoms. The van der Waals surface area contributed by atoms with Crippen molar-refractivity contribution in [3.05, 3.63) is 63.7 Å². The van der Waals surface area contributed by atoms with Gasteiger partial charge < -0.3 is 9.47 Å². The van der Waals surface area contributed by atoms with E-state index in [0.29, 0.717) is 6.07 Å². The van der Waals surface area contributed by atoms with Gasteiger partial charge in [0.2, 0.25) is 0 Å². The number of nitrogens with zero attached hydrogens (tertiary/aromatic N) is 1. The molecule has 2 aromatic carbocycles. The SMILES string of the molecule is CCOC(=O)c1cc([N+](=O)[O-])ccc1Oc1cc(F)cc(F)c1. The molecule has 0 aliphatic carbocycles. The molecule has 0 atom stereocenters. The van der Waals surface area contributed by atoms with Gasteiger partial charge in [-0.2, -0.15) is 0 Å². The second kappa shape index (κ2) is 6.82. The number of hydrogen-bond donors (Lipinski definition) is 0. The van der Waals surface area contributed by atoms with E-state index in [2.05, 4.69) is 0 Å². The molecule has 0 amide bonds. The molecule has 2 rings (SSSR count). The Bertz CT molecular complexity index is 743. The Kier molecular flexibility index (Phi) is 4.85. The van der Waals surface area contributed by atoms with Crippen LogP contribution < -0.4 is 4.74 Å². The monoisotopic (exact) mass is 323 g/mol. The predicted octanol–water partition coefficient (Wildman–Crippen LogP) is 3.84. The quantitative estimate of drug-likeness (QED) is 0.474. The Morgan fingerprint density at radius 2 is 1.83 bits per heavy atom. The number of carbonyl (C=O) groups excluding carboxylic acids is 1. The van der Waals surface area contributed by atoms with E-state index < -0.39 is 22.5 Å². The van der Waals surface area contributed by atoms with Crippen molar-refractivity contribution in [3.63, 3.8) is 0 Å². The molecule has 0 fully saturated rings. The van der Waals surface area contributed by atoms with Crippen molar-refractivity contribution in [2.24, 2.45) is 0 Å². The van der Waals surface area contributed by atoms with Gasteiger partial charge >= 0.3 is 5.97 Å². The number of non-ortho nitro benzene ring substituents is 1. The zero-order chi connectivity index (χ0) is 17.0. The number of rotatable bonds is 5. The summed E-state index contributed by atoms with van der Waals surface area (Å²) >= 11 is 0. The first-order valence-electron chi connectivity index (χ1n) is 6.50. The van der Waals surface area contributed by atoms with E-state index in [1.807, 2.05) is 0 Å². The third-order valence-corrected chi connectivity index (χ3v) is 2.73. The summed E-state index contributed by atoms with van der Waals surface area (Å²) < 4.78 is 36.4. The smallest absolute Gasteiger partial charge is 0.342 e. The van der Waals surface area contributed by atoms with Crippen LogP contribution in [-0.4, -0.2) is 17.5 Å². The summed E-state index contributed by atoms with van der Waals surface area (Å²) in [4.78, 5) is 22.0. The molecule has 0 spiro atoms. The molecule has 0 bridgehead atoms. The Balaban J connectivity index is 2.43. The van der Waals surface area contributed by atoms with Crippen molar-refractivity contribution in [3.8, 4) is 11.5 Å². The molecule has 0 aliphatic rings. The third-order valence-electron chi connectivity index (χ3n) is 2.73. The predicted molar refractivity (Wildman–Crippen MR) is 75.5 cm³/mol. The first-order chi connectivity index (χ1) is 10.9. The van der Waals surface area contributed by atoms with Gasteiger partial charge in [-0.25, -0.2) is 13.6 Å². The van der Waals surface area contributed by atoms with Crippen LogP contribution in [0.5, 0.6) is 11.5 Å². The van der Waals surface area contributed by atoms with Gasteiger partial charge in [-0.05, 0) is 13.0 Å². The minimum absolute atomic E-state index is 0.0511. The molecule has 120 valence electrons. The number of nitro benzene ring substituents is 1.